The van der Waals surface area contributed by atoms with E-state index in [0.717, 1.165) is 167 Å². The number of rotatable bonds is 3. The van der Waals surface area contributed by atoms with Crippen molar-refractivity contribution in [3.8, 4) is 0 Å². The number of pyridine rings is 1. The first-order valence-electron chi connectivity index (χ1n) is 49.9. The van der Waals surface area contributed by atoms with Crippen LogP contribution >= 0.6 is 0 Å². The molecule has 1 aromatic carbocycles. The largest absolute Gasteiger partial charge is 0.381 e. The zero-order valence-electron chi connectivity index (χ0n) is 87.0. The smallest absolute Gasteiger partial charge is 0.115 e. The van der Waals surface area contributed by atoms with Gasteiger partial charge in [0.2, 0.25) is 0 Å². The van der Waals surface area contributed by atoms with E-state index in [1.807, 2.05) is 24.3 Å². The summed E-state index contributed by atoms with van der Waals surface area (Å²) in [6, 6.07) is 20.7. The van der Waals surface area contributed by atoms with Crippen LogP contribution in [-0.2, 0) is 9.47 Å². The van der Waals surface area contributed by atoms with Crippen LogP contribution in [0.1, 0.15) is 381 Å². The number of hydrogen-bond donors (Lipinski definition) is 7. The average Bonchev–Trinajstić information content (AvgIpc) is 1.04. The molecule has 5 unspecified atom stereocenters. The Morgan fingerprint density at radius 1 is 0.273 bits per heavy atom. The summed E-state index contributed by atoms with van der Waals surface area (Å²) in [5.74, 6) is 13.0. The number of morpholine rings is 1. The number of aromatic nitrogens is 5. The SMILES string of the molecule is C1CCCCC1.C1CCCNCC1.C1CCNCC1.C1CCOCC1.C1CNCCN1.C1COCCN1.CC(C)C.CC(C)C.CC(C)C.CC(C)C.CC(C)C.CC(C)C.CC(C)C.CC(C)C.CC(C)C.CC(C)C1CC2CC(C1)N2.CC(C)C1CC2CCC1CN2.CC(C)c1ccccc1.c1ccncc1.c1cnccn1.c1cncnc1. The summed E-state index contributed by atoms with van der Waals surface area (Å²) in [6.45, 7) is 89.1. The molecule has 4 aromatic rings. The fraction of sp³-hybridized carbons (Fsp3) is 0.822. The minimum Gasteiger partial charge on any atom is -0.381 e. The van der Waals surface area contributed by atoms with Crippen LogP contribution in [0.4, 0.5) is 0 Å². The first kappa shape index (κ1) is 130. The second-order valence-corrected chi connectivity index (χ2v) is 40.5. The molecule has 716 valence electrons. The van der Waals surface area contributed by atoms with Crippen LogP contribution in [-0.4, -0.2) is 141 Å². The van der Waals surface area contributed by atoms with E-state index < -0.39 is 0 Å². The predicted octanol–water partition coefficient (Wildman–Crippen LogP) is 27.8. The van der Waals surface area contributed by atoms with Crippen LogP contribution in [0, 0.1) is 82.9 Å². The Bertz CT molecular complexity index is 1930. The Labute approximate surface area is 758 Å². The maximum atomic E-state index is 5.07. The van der Waals surface area contributed by atoms with Gasteiger partial charge in [-0.15, -0.1) is 0 Å². The normalized spacial score (nSPS) is 19.6. The molecule has 9 saturated heterocycles. The lowest BCUT2D eigenvalue weighted by atomic mass is 9.69. The zero-order valence-corrected chi connectivity index (χ0v) is 87.0. The standard InChI is InChI=1S/C10H19N.C9H17N.C9H12.C6H13N.C6H12.C5H11N.C5H5N.C5H10O.C4H10N2.2C4H4N2.C4H9NO.9C4H10/c1-7(2)10-5-9-4-3-8(10)6-11-9;1-6(2)7-3-8-5-9(4-7)10-8;1-8(2)9-6-4-3-5-7-9;1-2-4-6-7-5-3-1;4*1-2-4-6-5-3-1;2*1-2-6-4-3-5-1;1-2-5-4-6-3-1;1-3-6-4-2-5-1;9*1-4(2)3/h7-11H,3-6H2,1-2H3;6-10H,3-5H2,1-2H3;3-8H,1-2H3;7H,1-6H2;1-6H2;6H,1-5H2;1-5H;1-5H2;5-6H,1-4H2;2*1-4H;5H,1-4H2;9*4H,1-3H3. The summed E-state index contributed by atoms with van der Waals surface area (Å²) in [7, 11) is 0. The lowest BCUT2D eigenvalue weighted by molar-refractivity contribution is 0.0968. The molecular formula is C107H216N12O2. The van der Waals surface area contributed by atoms with Gasteiger partial charge >= 0.3 is 0 Å². The van der Waals surface area contributed by atoms with Gasteiger partial charge in [-0.1, -0.05) is 323 Å². The molecule has 12 heterocycles. The van der Waals surface area contributed by atoms with Crippen molar-refractivity contribution >= 4 is 0 Å². The minimum absolute atomic E-state index is 0.659. The highest BCUT2D eigenvalue weighted by molar-refractivity contribution is 5.17. The van der Waals surface area contributed by atoms with Crippen LogP contribution in [0.25, 0.3) is 0 Å². The van der Waals surface area contributed by atoms with Gasteiger partial charge in [0, 0.05) is 120 Å². The average molecular weight is 1700 g/mol. The van der Waals surface area contributed by atoms with Gasteiger partial charge in [0.1, 0.15) is 6.33 Å². The number of ether oxygens (including phenoxy) is 2. The number of piperidine rings is 4. The van der Waals surface area contributed by atoms with Crippen molar-refractivity contribution < 1.29 is 9.47 Å². The highest BCUT2D eigenvalue weighted by Gasteiger charge is 2.38. The van der Waals surface area contributed by atoms with Crippen molar-refractivity contribution in [1.29, 1.82) is 0 Å². The van der Waals surface area contributed by atoms with Gasteiger partial charge in [-0.3, -0.25) is 15.0 Å². The maximum absolute atomic E-state index is 5.07. The third-order valence-electron chi connectivity index (χ3n) is 16.8. The van der Waals surface area contributed by atoms with Crippen LogP contribution in [0.3, 0.4) is 0 Å². The lowest BCUT2D eigenvalue weighted by Crippen LogP contribution is -2.58. The van der Waals surface area contributed by atoms with Crippen LogP contribution in [0.2, 0.25) is 0 Å². The monoisotopic (exact) mass is 1700 g/mol. The number of piperazine rings is 1. The molecule has 9 aliphatic heterocycles. The molecule has 7 N–H and O–H groups in total. The molecule has 14 nitrogen and oxygen atoms in total. The van der Waals surface area contributed by atoms with Crippen LogP contribution in [0.5, 0.6) is 0 Å². The summed E-state index contributed by atoms with van der Waals surface area (Å²) in [5.41, 5.74) is 1.41. The molecule has 12 aliphatic rings. The Morgan fingerprint density at radius 3 is 0.736 bits per heavy atom. The first-order valence-corrected chi connectivity index (χ1v) is 49.9. The summed E-state index contributed by atoms with van der Waals surface area (Å²) in [6.07, 6.45) is 46.4. The van der Waals surface area contributed by atoms with Crippen molar-refractivity contribution in [3.63, 3.8) is 0 Å². The van der Waals surface area contributed by atoms with Crippen molar-refractivity contribution in [2.75, 3.05) is 98.4 Å². The second kappa shape index (κ2) is 103. The fourth-order valence-electron chi connectivity index (χ4n) is 11.5. The lowest BCUT2D eigenvalue weighted by Gasteiger charge is -2.47. The van der Waals surface area contributed by atoms with E-state index in [2.05, 4.69) is 315 Å². The molecule has 4 bridgehead atoms. The molecule has 3 saturated carbocycles. The fourth-order valence-corrected chi connectivity index (χ4v) is 11.5. The van der Waals surface area contributed by atoms with Crippen molar-refractivity contribution in [2.24, 2.45) is 82.9 Å². The number of hydrogen-bond acceptors (Lipinski definition) is 14. The quantitative estimate of drug-likeness (QED) is 0.104. The van der Waals surface area contributed by atoms with Crippen molar-refractivity contribution in [2.45, 2.75) is 394 Å². The van der Waals surface area contributed by atoms with Gasteiger partial charge in [0.05, 0.1) is 13.2 Å². The van der Waals surface area contributed by atoms with Crippen molar-refractivity contribution in [1.82, 2.24) is 62.1 Å². The maximum Gasteiger partial charge on any atom is 0.115 e. The number of nitrogens with zero attached hydrogens (tertiary/aromatic N) is 5. The Kier molecular flexibility index (Phi) is 111. The van der Waals surface area contributed by atoms with E-state index in [4.69, 9.17) is 9.47 Å². The van der Waals surface area contributed by atoms with E-state index >= 15 is 0 Å². The number of nitrogens with one attached hydrogen (secondary N) is 7. The van der Waals surface area contributed by atoms with Gasteiger partial charge in [0.15, 0.2) is 0 Å². The molecule has 3 aromatic heterocycles. The van der Waals surface area contributed by atoms with Crippen LogP contribution in [0.15, 0.2) is 110 Å². The molecular weight excluding hydrogens is 1490 g/mol. The molecule has 14 heteroatoms. The molecule has 3 aliphatic carbocycles. The third-order valence-corrected chi connectivity index (χ3v) is 16.8. The van der Waals surface area contributed by atoms with Crippen LogP contribution < -0.4 is 37.2 Å². The van der Waals surface area contributed by atoms with E-state index in [0.29, 0.717) is 5.92 Å². The molecule has 0 radical (unpaired) electrons. The number of fused-ring (bicyclic) bond motifs is 5. The highest BCUT2D eigenvalue weighted by atomic mass is 16.5. The van der Waals surface area contributed by atoms with E-state index in [1.165, 1.54) is 186 Å². The van der Waals surface area contributed by atoms with Gasteiger partial charge in [-0.25, -0.2) is 9.97 Å². The van der Waals surface area contributed by atoms with Gasteiger partial charge in [-0.2, -0.15) is 0 Å². The third kappa shape index (κ3) is 137. The zero-order chi connectivity index (χ0) is 92.8. The molecule has 0 amide bonds. The molecule has 121 heavy (non-hydrogen) atoms. The van der Waals surface area contributed by atoms with E-state index in [9.17, 15) is 0 Å². The number of benzene rings is 1. The molecule has 16 rings (SSSR count). The topological polar surface area (TPSA) is 167 Å². The highest BCUT2D eigenvalue weighted by Crippen LogP contribution is 2.39. The van der Waals surface area contributed by atoms with Gasteiger partial charge < -0.3 is 46.7 Å². The summed E-state index contributed by atoms with van der Waals surface area (Å²) >= 11 is 0. The van der Waals surface area contributed by atoms with Gasteiger partial charge in [-0.05, 0) is 229 Å². The first-order chi connectivity index (χ1) is 57.4. The second-order valence-electron chi connectivity index (χ2n) is 40.5. The van der Waals surface area contributed by atoms with E-state index in [-0.39, 0.29) is 0 Å². The molecule has 0 spiro atoms. The van der Waals surface area contributed by atoms with E-state index in [1.54, 1.807) is 55.6 Å². The van der Waals surface area contributed by atoms with Crippen molar-refractivity contribution in [3.05, 3.63) is 116 Å². The summed E-state index contributed by atoms with van der Waals surface area (Å²) in [5, 5.41) is 23.4. The molecule has 12 fully saturated rings. The minimum atomic E-state index is 0.659. The van der Waals surface area contributed by atoms with Gasteiger partial charge in [0.25, 0.3) is 0 Å². The summed E-state index contributed by atoms with van der Waals surface area (Å²) < 4.78 is 10.1. The Morgan fingerprint density at radius 2 is 0.570 bits per heavy atom. The summed E-state index contributed by atoms with van der Waals surface area (Å²) in [4.78, 5) is 18.6. The predicted molar refractivity (Wildman–Crippen MR) is 544 cm³/mol. The Balaban J connectivity index is -0.000000228. The Hall–Kier alpha value is -3.83. The molecule has 5 atom stereocenters.